The Bertz CT molecular complexity index is 357. The summed E-state index contributed by atoms with van der Waals surface area (Å²) in [5.74, 6) is 0.618. The van der Waals surface area contributed by atoms with Crippen molar-refractivity contribution in [3.05, 3.63) is 54.6 Å². The zero-order valence-electron chi connectivity index (χ0n) is 11.2. The lowest BCUT2D eigenvalue weighted by atomic mass is 9.96. The lowest BCUT2D eigenvalue weighted by molar-refractivity contribution is 0.665. The number of unbranched alkanes of at least 4 members (excludes halogenated alkanes) is 1. The number of hydrogen-bond donors (Lipinski definition) is 0. The Morgan fingerprint density at radius 3 is 2.18 bits per heavy atom. The molecule has 0 nitrogen and oxygen atoms in total. The molecule has 0 spiro atoms. The topological polar surface area (TPSA) is 0 Å². The molecule has 0 aliphatic rings. The normalized spacial score (nSPS) is 10.5. The molecular weight excluding hydrogens is 204 g/mol. The van der Waals surface area contributed by atoms with Gasteiger partial charge in [0.1, 0.15) is 0 Å². The van der Waals surface area contributed by atoms with E-state index in [4.69, 9.17) is 0 Å². The largest absolute Gasteiger partial charge is 0.0996 e. The molecule has 92 valence electrons. The van der Waals surface area contributed by atoms with E-state index in [0.29, 0.717) is 5.92 Å². The Hall–Kier alpha value is -1.30. The van der Waals surface area contributed by atoms with Gasteiger partial charge in [-0.15, -0.1) is 0 Å². The third-order valence-electron chi connectivity index (χ3n) is 3.22. The van der Waals surface area contributed by atoms with Crippen LogP contribution in [0, 0.1) is 5.92 Å². The summed E-state index contributed by atoms with van der Waals surface area (Å²) >= 11 is 0. The molecule has 0 amide bonds. The molecule has 0 atom stereocenters. The van der Waals surface area contributed by atoms with Gasteiger partial charge in [-0.25, -0.2) is 0 Å². The van der Waals surface area contributed by atoms with Gasteiger partial charge in [-0.05, 0) is 42.7 Å². The maximum Gasteiger partial charge on any atom is -0.0230 e. The van der Waals surface area contributed by atoms with Crippen molar-refractivity contribution in [1.29, 1.82) is 0 Å². The summed E-state index contributed by atoms with van der Waals surface area (Å²) in [5.41, 5.74) is 3.89. The second kappa shape index (κ2) is 7.11. The number of rotatable bonds is 7. The van der Waals surface area contributed by atoms with Crippen LogP contribution >= 0.6 is 0 Å². The fourth-order valence-corrected chi connectivity index (χ4v) is 1.80. The van der Waals surface area contributed by atoms with Crippen LogP contribution in [0.25, 0.3) is 5.57 Å². The zero-order valence-corrected chi connectivity index (χ0v) is 11.2. The third kappa shape index (κ3) is 5.04. The molecule has 0 saturated heterocycles. The van der Waals surface area contributed by atoms with Crippen LogP contribution in [-0.4, -0.2) is 0 Å². The predicted octanol–water partition coefficient (Wildman–Crippen LogP) is 5.47. The second-order valence-electron chi connectivity index (χ2n) is 4.99. The average molecular weight is 228 g/mol. The minimum absolute atomic E-state index is 0.618. The van der Waals surface area contributed by atoms with E-state index in [9.17, 15) is 0 Å². The van der Waals surface area contributed by atoms with Crippen molar-refractivity contribution in [2.45, 2.75) is 39.5 Å². The molecule has 0 saturated carbocycles. The summed E-state index contributed by atoms with van der Waals surface area (Å²) in [6.07, 6.45) is 4.68. The van der Waals surface area contributed by atoms with Crippen LogP contribution in [0.3, 0.4) is 0 Å². The molecule has 0 heteroatoms. The highest BCUT2D eigenvalue weighted by molar-refractivity contribution is 5.62. The van der Waals surface area contributed by atoms with Crippen molar-refractivity contribution in [1.82, 2.24) is 0 Å². The zero-order chi connectivity index (χ0) is 12.7. The molecule has 0 unspecified atom stereocenters. The molecule has 1 aromatic carbocycles. The number of allylic oxidation sites excluding steroid dienone is 2. The van der Waals surface area contributed by atoms with Crippen LogP contribution in [0.2, 0.25) is 0 Å². The van der Waals surface area contributed by atoms with E-state index in [1.807, 2.05) is 6.07 Å². The monoisotopic (exact) mass is 228 g/mol. The second-order valence-corrected chi connectivity index (χ2v) is 4.99. The van der Waals surface area contributed by atoms with Gasteiger partial charge in [0.2, 0.25) is 0 Å². The van der Waals surface area contributed by atoms with Gasteiger partial charge < -0.3 is 0 Å². The molecule has 1 rings (SSSR count). The highest BCUT2D eigenvalue weighted by atomic mass is 14.1. The van der Waals surface area contributed by atoms with E-state index in [-0.39, 0.29) is 0 Å². The molecule has 17 heavy (non-hydrogen) atoms. The van der Waals surface area contributed by atoms with Crippen molar-refractivity contribution >= 4 is 5.57 Å². The maximum absolute atomic E-state index is 4.15. The fraction of sp³-hybridized carbons (Fsp3) is 0.412. The molecule has 0 fully saturated rings. The van der Waals surface area contributed by atoms with Crippen LogP contribution in [0.4, 0.5) is 0 Å². The minimum Gasteiger partial charge on any atom is -0.0996 e. The van der Waals surface area contributed by atoms with Crippen LogP contribution in [0.1, 0.15) is 45.1 Å². The van der Waals surface area contributed by atoms with E-state index < -0.39 is 0 Å². The fourth-order valence-electron chi connectivity index (χ4n) is 1.80. The van der Waals surface area contributed by atoms with Gasteiger partial charge in [-0.1, -0.05) is 62.9 Å². The van der Waals surface area contributed by atoms with E-state index in [1.165, 1.54) is 29.6 Å². The molecule has 0 aliphatic carbocycles. The SMILES string of the molecule is C=C(CCCCC(=C)C(C)C)c1ccccc1. The number of benzene rings is 1. The summed E-state index contributed by atoms with van der Waals surface area (Å²) in [5, 5.41) is 0. The summed E-state index contributed by atoms with van der Waals surface area (Å²) in [4.78, 5) is 0. The molecule has 0 N–H and O–H groups in total. The van der Waals surface area contributed by atoms with Gasteiger partial charge in [0.15, 0.2) is 0 Å². The number of hydrogen-bond acceptors (Lipinski definition) is 0. The molecule has 0 bridgehead atoms. The highest BCUT2D eigenvalue weighted by Crippen LogP contribution is 2.21. The summed E-state index contributed by atoms with van der Waals surface area (Å²) in [6.45, 7) is 12.7. The van der Waals surface area contributed by atoms with E-state index in [0.717, 1.165) is 12.8 Å². The molecule has 1 aromatic rings. The van der Waals surface area contributed by atoms with Crippen LogP contribution < -0.4 is 0 Å². The first-order valence-corrected chi connectivity index (χ1v) is 6.52. The standard InChI is InChI=1S/C17H24/c1-14(2)15(3)10-8-9-11-16(4)17-12-6-5-7-13-17/h5-7,12-14H,3-4,8-11H2,1-2H3. The minimum atomic E-state index is 0.618. The predicted molar refractivity (Wildman–Crippen MR) is 77.9 cm³/mol. The smallest absolute Gasteiger partial charge is 0.0230 e. The van der Waals surface area contributed by atoms with Gasteiger partial charge in [-0.2, -0.15) is 0 Å². The van der Waals surface area contributed by atoms with Crippen LogP contribution in [-0.2, 0) is 0 Å². The van der Waals surface area contributed by atoms with Crippen LogP contribution in [0.15, 0.2) is 49.1 Å². The van der Waals surface area contributed by atoms with Gasteiger partial charge in [0, 0.05) is 0 Å². The van der Waals surface area contributed by atoms with Crippen molar-refractivity contribution < 1.29 is 0 Å². The Kier molecular flexibility index (Phi) is 5.76. The Balaban J connectivity index is 2.24. The Morgan fingerprint density at radius 1 is 1.00 bits per heavy atom. The lowest BCUT2D eigenvalue weighted by Gasteiger charge is -2.09. The van der Waals surface area contributed by atoms with E-state index in [2.05, 4.69) is 51.3 Å². The summed E-state index contributed by atoms with van der Waals surface area (Å²) < 4.78 is 0. The average Bonchev–Trinajstić information content (AvgIpc) is 2.35. The molecule has 0 aliphatic heterocycles. The van der Waals surface area contributed by atoms with Gasteiger partial charge in [0.05, 0.1) is 0 Å². The van der Waals surface area contributed by atoms with E-state index in [1.54, 1.807) is 0 Å². The van der Waals surface area contributed by atoms with Crippen LogP contribution in [0.5, 0.6) is 0 Å². The van der Waals surface area contributed by atoms with Gasteiger partial charge in [0.25, 0.3) is 0 Å². The molecule has 0 radical (unpaired) electrons. The van der Waals surface area contributed by atoms with E-state index >= 15 is 0 Å². The quantitative estimate of drug-likeness (QED) is 0.428. The lowest BCUT2D eigenvalue weighted by Crippen LogP contribution is -1.92. The van der Waals surface area contributed by atoms with Crippen molar-refractivity contribution in [3.63, 3.8) is 0 Å². The maximum atomic E-state index is 4.15. The molecular formula is C17H24. The summed E-state index contributed by atoms with van der Waals surface area (Å²) in [7, 11) is 0. The van der Waals surface area contributed by atoms with Crippen molar-refractivity contribution in [2.75, 3.05) is 0 Å². The summed E-state index contributed by atoms with van der Waals surface area (Å²) in [6, 6.07) is 10.5. The van der Waals surface area contributed by atoms with Crippen molar-refractivity contribution in [3.8, 4) is 0 Å². The Labute approximate surface area is 106 Å². The Morgan fingerprint density at radius 2 is 1.59 bits per heavy atom. The highest BCUT2D eigenvalue weighted by Gasteiger charge is 2.01. The first-order chi connectivity index (χ1) is 8.11. The molecule has 0 aromatic heterocycles. The first-order valence-electron chi connectivity index (χ1n) is 6.52. The van der Waals surface area contributed by atoms with Gasteiger partial charge >= 0.3 is 0 Å². The van der Waals surface area contributed by atoms with Gasteiger partial charge in [-0.3, -0.25) is 0 Å². The van der Waals surface area contributed by atoms with Crippen molar-refractivity contribution in [2.24, 2.45) is 5.92 Å². The first kappa shape index (κ1) is 13.8. The third-order valence-corrected chi connectivity index (χ3v) is 3.22. The molecule has 0 heterocycles.